The van der Waals surface area contributed by atoms with E-state index >= 15 is 0 Å². The zero-order valence-corrected chi connectivity index (χ0v) is 13.4. The van der Waals surface area contributed by atoms with Gasteiger partial charge in [0.2, 0.25) is 0 Å². The van der Waals surface area contributed by atoms with Gasteiger partial charge in [0.25, 0.3) is 0 Å². The van der Waals surface area contributed by atoms with Crippen molar-refractivity contribution in [2.24, 2.45) is 5.41 Å². The first kappa shape index (κ1) is 18.1. The monoisotopic (exact) mass is 314 g/mol. The van der Waals surface area contributed by atoms with Crippen molar-refractivity contribution < 1.29 is 28.7 Å². The third-order valence-electron chi connectivity index (χ3n) is 2.72. The van der Waals surface area contributed by atoms with Crippen LogP contribution in [0.3, 0.4) is 0 Å². The van der Waals surface area contributed by atoms with Gasteiger partial charge in [-0.1, -0.05) is 20.8 Å². The van der Waals surface area contributed by atoms with E-state index in [9.17, 15) is 19.2 Å². The molecule has 1 heterocycles. The van der Waals surface area contributed by atoms with Crippen LogP contribution in [0.1, 0.15) is 27.7 Å². The van der Waals surface area contributed by atoms with Crippen LogP contribution >= 0.6 is 0 Å². The molecule has 1 rings (SSSR count). The van der Waals surface area contributed by atoms with Gasteiger partial charge in [-0.15, -0.1) is 0 Å². The molecular weight excluding hydrogens is 292 g/mol. The summed E-state index contributed by atoms with van der Waals surface area (Å²) in [5.41, 5.74) is -0.0369. The van der Waals surface area contributed by atoms with Gasteiger partial charge in [0, 0.05) is 0 Å². The van der Waals surface area contributed by atoms with Crippen LogP contribution in [0, 0.1) is 5.41 Å². The molecule has 0 aromatic heterocycles. The fraction of sp³-hybridized carbons (Fsp3) is 0.714. The normalized spacial score (nSPS) is 15.7. The highest BCUT2D eigenvalue weighted by atomic mass is 16.5. The minimum absolute atomic E-state index is 0.0290. The fourth-order valence-electron chi connectivity index (χ4n) is 1.76. The second kappa shape index (κ2) is 7.35. The van der Waals surface area contributed by atoms with Crippen LogP contribution in [-0.2, 0) is 23.9 Å². The Morgan fingerprint density at radius 2 is 1.68 bits per heavy atom. The molecule has 0 aromatic rings. The smallest absolute Gasteiger partial charge is 0.334 e. The Bertz CT molecular complexity index is 468. The number of rotatable bonds is 7. The zero-order valence-electron chi connectivity index (χ0n) is 13.4. The van der Waals surface area contributed by atoms with E-state index in [1.807, 2.05) is 20.8 Å². The van der Waals surface area contributed by atoms with Gasteiger partial charge in [-0.2, -0.15) is 0 Å². The lowest BCUT2D eigenvalue weighted by atomic mass is 9.99. The van der Waals surface area contributed by atoms with Crippen LogP contribution in [0.4, 0.5) is 4.79 Å². The standard InChI is InChI=1S/C14H22N2O6/c1-5-22-10(17)8-16-12(19)11(18)15(13(16)20)6-7-21-9-14(2,3)4/h5-9H2,1-4H3. The molecule has 22 heavy (non-hydrogen) atoms. The van der Waals surface area contributed by atoms with Crippen molar-refractivity contribution in [2.75, 3.05) is 32.9 Å². The van der Waals surface area contributed by atoms with Crippen molar-refractivity contribution in [3.05, 3.63) is 0 Å². The summed E-state index contributed by atoms with van der Waals surface area (Å²) in [6.45, 7) is 7.72. The van der Waals surface area contributed by atoms with Crippen LogP contribution in [0.5, 0.6) is 0 Å². The summed E-state index contributed by atoms with van der Waals surface area (Å²) in [5.74, 6) is -2.70. The molecule has 0 spiro atoms. The van der Waals surface area contributed by atoms with E-state index in [1.54, 1.807) is 6.92 Å². The molecule has 124 valence electrons. The molecule has 0 bridgehead atoms. The van der Waals surface area contributed by atoms with Crippen molar-refractivity contribution in [3.8, 4) is 0 Å². The predicted octanol–water partition coefficient (Wildman–Crippen LogP) is 0.403. The highest BCUT2D eigenvalue weighted by molar-refractivity contribution is 6.44. The van der Waals surface area contributed by atoms with Gasteiger partial charge in [-0.3, -0.25) is 19.3 Å². The van der Waals surface area contributed by atoms with Gasteiger partial charge < -0.3 is 9.47 Å². The Labute approximate surface area is 129 Å². The summed E-state index contributed by atoms with van der Waals surface area (Å²) in [6.07, 6.45) is 0. The summed E-state index contributed by atoms with van der Waals surface area (Å²) in [6, 6.07) is -0.817. The van der Waals surface area contributed by atoms with Gasteiger partial charge >= 0.3 is 23.8 Å². The number of carbonyl (C=O) groups excluding carboxylic acids is 4. The SMILES string of the molecule is CCOC(=O)CN1C(=O)C(=O)N(CCOCC(C)(C)C)C1=O. The number of ether oxygens (including phenoxy) is 2. The van der Waals surface area contributed by atoms with Gasteiger partial charge in [-0.05, 0) is 12.3 Å². The second-order valence-corrected chi connectivity index (χ2v) is 6.05. The Morgan fingerprint density at radius 3 is 2.23 bits per heavy atom. The lowest BCUT2D eigenvalue weighted by molar-refractivity contribution is -0.148. The number of amides is 4. The predicted molar refractivity (Wildman–Crippen MR) is 75.7 cm³/mol. The molecule has 0 atom stereocenters. The molecule has 4 amide bonds. The summed E-state index contributed by atoms with van der Waals surface area (Å²) >= 11 is 0. The molecule has 0 saturated carbocycles. The number of hydrogen-bond donors (Lipinski definition) is 0. The Morgan fingerprint density at radius 1 is 1.09 bits per heavy atom. The van der Waals surface area contributed by atoms with Crippen molar-refractivity contribution in [1.82, 2.24) is 9.80 Å². The number of nitrogens with zero attached hydrogens (tertiary/aromatic N) is 2. The topological polar surface area (TPSA) is 93.2 Å². The number of esters is 1. The van der Waals surface area contributed by atoms with E-state index in [4.69, 9.17) is 4.74 Å². The van der Waals surface area contributed by atoms with Crippen LogP contribution in [-0.4, -0.2) is 66.5 Å². The maximum absolute atomic E-state index is 12.0. The van der Waals surface area contributed by atoms with Crippen LogP contribution in [0.15, 0.2) is 0 Å². The highest BCUT2D eigenvalue weighted by Crippen LogP contribution is 2.14. The molecule has 1 aliphatic rings. The average Bonchev–Trinajstić information content (AvgIpc) is 2.59. The van der Waals surface area contributed by atoms with E-state index in [2.05, 4.69) is 4.74 Å². The van der Waals surface area contributed by atoms with E-state index in [1.165, 1.54) is 0 Å². The minimum Gasteiger partial charge on any atom is -0.465 e. The number of hydrogen-bond acceptors (Lipinski definition) is 6. The lowest BCUT2D eigenvalue weighted by Crippen LogP contribution is -2.38. The van der Waals surface area contributed by atoms with Crippen LogP contribution < -0.4 is 0 Å². The molecule has 0 radical (unpaired) electrons. The van der Waals surface area contributed by atoms with E-state index in [-0.39, 0.29) is 25.2 Å². The average molecular weight is 314 g/mol. The van der Waals surface area contributed by atoms with E-state index < -0.39 is 30.4 Å². The Balaban J connectivity index is 2.55. The maximum atomic E-state index is 12.0. The lowest BCUT2D eigenvalue weighted by Gasteiger charge is -2.19. The van der Waals surface area contributed by atoms with Crippen LogP contribution in [0.25, 0.3) is 0 Å². The molecule has 1 aliphatic heterocycles. The van der Waals surface area contributed by atoms with Gasteiger partial charge in [0.1, 0.15) is 6.54 Å². The van der Waals surface area contributed by atoms with Gasteiger partial charge in [0.05, 0.1) is 26.4 Å². The number of carbonyl (C=O) groups is 4. The van der Waals surface area contributed by atoms with Crippen LogP contribution in [0.2, 0.25) is 0 Å². The highest BCUT2D eigenvalue weighted by Gasteiger charge is 2.45. The minimum atomic E-state index is -1.02. The molecular formula is C14H22N2O6. The van der Waals surface area contributed by atoms with E-state index in [0.29, 0.717) is 11.5 Å². The molecule has 0 unspecified atom stereocenters. The first-order valence-electron chi connectivity index (χ1n) is 7.08. The first-order chi connectivity index (χ1) is 10.2. The quantitative estimate of drug-likeness (QED) is 0.292. The molecule has 1 fully saturated rings. The maximum Gasteiger partial charge on any atom is 0.334 e. The molecule has 0 aromatic carbocycles. The number of imide groups is 2. The van der Waals surface area contributed by atoms with Gasteiger partial charge in [0.15, 0.2) is 0 Å². The summed E-state index contributed by atoms with van der Waals surface area (Å²) in [4.78, 5) is 48.2. The largest absolute Gasteiger partial charge is 0.465 e. The molecule has 8 heteroatoms. The first-order valence-corrected chi connectivity index (χ1v) is 7.08. The van der Waals surface area contributed by atoms with Crippen molar-refractivity contribution in [3.63, 3.8) is 0 Å². The molecule has 0 aliphatic carbocycles. The van der Waals surface area contributed by atoms with Crippen molar-refractivity contribution in [2.45, 2.75) is 27.7 Å². The van der Waals surface area contributed by atoms with Crippen molar-refractivity contribution in [1.29, 1.82) is 0 Å². The number of urea groups is 1. The second-order valence-electron chi connectivity index (χ2n) is 6.05. The molecule has 1 saturated heterocycles. The summed E-state index contributed by atoms with van der Waals surface area (Å²) in [7, 11) is 0. The molecule has 0 N–H and O–H groups in total. The Kier molecular flexibility index (Phi) is 6.04. The molecule has 8 nitrogen and oxygen atoms in total. The fourth-order valence-corrected chi connectivity index (χ4v) is 1.76. The van der Waals surface area contributed by atoms with E-state index in [0.717, 1.165) is 4.90 Å². The Hall–Kier alpha value is -1.96. The third kappa shape index (κ3) is 4.80. The van der Waals surface area contributed by atoms with Gasteiger partial charge in [-0.25, -0.2) is 9.69 Å². The van der Waals surface area contributed by atoms with Crippen molar-refractivity contribution >= 4 is 23.8 Å². The third-order valence-corrected chi connectivity index (χ3v) is 2.72. The zero-order chi connectivity index (χ0) is 16.9. The summed E-state index contributed by atoms with van der Waals surface area (Å²) < 4.78 is 10.0. The summed E-state index contributed by atoms with van der Waals surface area (Å²) in [5, 5.41) is 0.